The van der Waals surface area contributed by atoms with Gasteiger partial charge in [0.2, 0.25) is 5.91 Å². The smallest absolute Gasteiger partial charge is 0.249 e. The van der Waals surface area contributed by atoms with E-state index in [-0.39, 0.29) is 24.7 Å². The fourth-order valence-electron chi connectivity index (χ4n) is 3.02. The largest absolute Gasteiger partial charge is 0.365 e. The van der Waals surface area contributed by atoms with Crippen molar-refractivity contribution >= 4 is 5.91 Å². The number of morpholine rings is 1. The summed E-state index contributed by atoms with van der Waals surface area (Å²) in [5.74, 6) is 0.988. The van der Waals surface area contributed by atoms with E-state index in [0.717, 1.165) is 18.9 Å². The second-order valence-electron chi connectivity index (χ2n) is 5.94. The molecule has 0 aromatic carbocycles. The maximum Gasteiger partial charge on any atom is 0.249 e. The van der Waals surface area contributed by atoms with Crippen molar-refractivity contribution in [2.75, 3.05) is 19.7 Å². The molecule has 2 atom stereocenters. The predicted molar refractivity (Wildman–Crippen MR) is 74.0 cm³/mol. The number of aromatic nitrogens is 2. The Morgan fingerprint density at radius 3 is 2.90 bits per heavy atom. The number of carbonyl (C=O) groups excluding carboxylic acids is 1. The summed E-state index contributed by atoms with van der Waals surface area (Å²) in [6, 6.07) is 0.629. The van der Waals surface area contributed by atoms with Crippen molar-refractivity contribution in [2.24, 2.45) is 7.05 Å². The number of amides is 1. The summed E-state index contributed by atoms with van der Waals surface area (Å²) < 4.78 is 7.68. The number of ether oxygens (including phenoxy) is 1. The van der Waals surface area contributed by atoms with Crippen LogP contribution in [0.1, 0.15) is 19.7 Å². The first kappa shape index (κ1) is 13.6. The van der Waals surface area contributed by atoms with E-state index in [1.165, 1.54) is 0 Å². The number of rotatable bonds is 3. The number of nitrogens with zero attached hydrogens (tertiary/aromatic N) is 4. The van der Waals surface area contributed by atoms with Crippen LogP contribution >= 0.6 is 0 Å². The van der Waals surface area contributed by atoms with Crippen LogP contribution in [0, 0.1) is 0 Å². The van der Waals surface area contributed by atoms with Crippen LogP contribution in [0.15, 0.2) is 12.4 Å². The van der Waals surface area contributed by atoms with Crippen LogP contribution in [0.5, 0.6) is 0 Å². The summed E-state index contributed by atoms with van der Waals surface area (Å²) in [5.41, 5.74) is 0. The van der Waals surface area contributed by atoms with Crippen molar-refractivity contribution in [3.05, 3.63) is 18.2 Å². The van der Waals surface area contributed by atoms with Gasteiger partial charge < -0.3 is 14.2 Å². The molecule has 0 N–H and O–H groups in total. The number of likely N-dealkylation sites (tertiary alicyclic amines) is 1. The highest BCUT2D eigenvalue weighted by atomic mass is 16.5. The fourth-order valence-corrected chi connectivity index (χ4v) is 3.02. The van der Waals surface area contributed by atoms with Gasteiger partial charge in [0.25, 0.3) is 0 Å². The molecule has 1 aromatic heterocycles. The molecule has 1 amide bonds. The topological polar surface area (TPSA) is 50.6 Å². The zero-order valence-electron chi connectivity index (χ0n) is 12.3. The van der Waals surface area contributed by atoms with E-state index in [1.807, 2.05) is 22.7 Å². The molecule has 110 valence electrons. The third-order valence-corrected chi connectivity index (χ3v) is 4.37. The number of fused-ring (bicyclic) bond motifs is 1. The summed E-state index contributed by atoms with van der Waals surface area (Å²) in [7, 11) is 1.96. The second kappa shape index (κ2) is 5.18. The summed E-state index contributed by atoms with van der Waals surface area (Å²) in [6.45, 7) is 6.92. The minimum Gasteiger partial charge on any atom is -0.365 e. The van der Waals surface area contributed by atoms with Gasteiger partial charge in [-0.1, -0.05) is 0 Å². The molecule has 2 saturated heterocycles. The average Bonchev–Trinajstić information content (AvgIpc) is 2.99. The molecule has 2 aliphatic heterocycles. The Bertz CT molecular complexity index is 499. The molecule has 2 aliphatic rings. The van der Waals surface area contributed by atoms with Crippen molar-refractivity contribution in [3.8, 4) is 0 Å². The maximum absolute atomic E-state index is 12.2. The molecule has 0 saturated carbocycles. The summed E-state index contributed by atoms with van der Waals surface area (Å²) >= 11 is 0. The Labute approximate surface area is 119 Å². The Morgan fingerprint density at radius 1 is 1.45 bits per heavy atom. The average molecular weight is 278 g/mol. The van der Waals surface area contributed by atoms with Crippen molar-refractivity contribution in [2.45, 2.75) is 38.6 Å². The molecule has 2 fully saturated rings. The van der Waals surface area contributed by atoms with Gasteiger partial charge in [0.05, 0.1) is 18.7 Å². The van der Waals surface area contributed by atoms with E-state index in [4.69, 9.17) is 4.74 Å². The normalized spacial score (nSPS) is 27.4. The molecule has 3 heterocycles. The Balaban J connectivity index is 1.78. The van der Waals surface area contributed by atoms with Crippen LogP contribution in [0.2, 0.25) is 0 Å². The van der Waals surface area contributed by atoms with Crippen LogP contribution in [0.4, 0.5) is 0 Å². The Morgan fingerprint density at radius 2 is 2.25 bits per heavy atom. The lowest BCUT2D eigenvalue weighted by Crippen LogP contribution is -2.53. The van der Waals surface area contributed by atoms with Crippen molar-refractivity contribution < 1.29 is 9.53 Å². The molecule has 20 heavy (non-hydrogen) atoms. The van der Waals surface area contributed by atoms with Gasteiger partial charge in [-0.3, -0.25) is 9.69 Å². The molecule has 6 heteroatoms. The first-order chi connectivity index (χ1) is 9.56. The highest BCUT2D eigenvalue weighted by Gasteiger charge is 2.43. The zero-order valence-corrected chi connectivity index (χ0v) is 12.3. The van der Waals surface area contributed by atoms with E-state index >= 15 is 0 Å². The van der Waals surface area contributed by atoms with E-state index in [2.05, 4.69) is 23.7 Å². The molecule has 6 nitrogen and oxygen atoms in total. The van der Waals surface area contributed by atoms with Crippen molar-refractivity contribution in [3.63, 3.8) is 0 Å². The molecule has 0 unspecified atom stereocenters. The van der Waals surface area contributed by atoms with Crippen molar-refractivity contribution in [1.82, 2.24) is 19.4 Å². The molecule has 0 spiro atoms. The predicted octanol–water partition coefficient (Wildman–Crippen LogP) is 0.240. The Hall–Kier alpha value is -1.40. The van der Waals surface area contributed by atoms with Crippen LogP contribution in [-0.4, -0.2) is 63.1 Å². The molecule has 0 radical (unpaired) electrons. The minimum absolute atomic E-state index is 0.0693. The van der Waals surface area contributed by atoms with Gasteiger partial charge >= 0.3 is 0 Å². The quantitative estimate of drug-likeness (QED) is 0.795. The third-order valence-electron chi connectivity index (χ3n) is 4.37. The number of imidazole rings is 1. The lowest BCUT2D eigenvalue weighted by atomic mass is 10.1. The summed E-state index contributed by atoms with van der Waals surface area (Å²) in [5, 5.41) is 0. The molecule has 0 aliphatic carbocycles. The van der Waals surface area contributed by atoms with Gasteiger partial charge in [-0.05, 0) is 13.8 Å². The lowest BCUT2D eigenvalue weighted by molar-refractivity contribution is -0.154. The van der Waals surface area contributed by atoms with E-state index in [9.17, 15) is 4.79 Å². The highest BCUT2D eigenvalue weighted by molar-refractivity contribution is 5.78. The first-order valence-electron chi connectivity index (χ1n) is 7.17. The molecule has 3 rings (SSSR count). The van der Waals surface area contributed by atoms with Gasteiger partial charge in [-0.2, -0.15) is 0 Å². The van der Waals surface area contributed by atoms with Gasteiger partial charge in [0.15, 0.2) is 0 Å². The Kier molecular flexibility index (Phi) is 3.52. The number of hydrogen-bond donors (Lipinski definition) is 0. The van der Waals surface area contributed by atoms with Crippen molar-refractivity contribution in [1.29, 1.82) is 0 Å². The maximum atomic E-state index is 12.2. The van der Waals surface area contributed by atoms with E-state index < -0.39 is 0 Å². The van der Waals surface area contributed by atoms with Crippen LogP contribution in [-0.2, 0) is 23.1 Å². The van der Waals surface area contributed by atoms with E-state index in [1.54, 1.807) is 6.20 Å². The van der Waals surface area contributed by atoms with Crippen LogP contribution < -0.4 is 0 Å². The van der Waals surface area contributed by atoms with Gasteiger partial charge in [-0.15, -0.1) is 0 Å². The van der Waals surface area contributed by atoms with Gasteiger partial charge in [-0.25, -0.2) is 4.98 Å². The summed E-state index contributed by atoms with van der Waals surface area (Å²) in [4.78, 5) is 20.8. The minimum atomic E-state index is 0.0693. The van der Waals surface area contributed by atoms with Gasteiger partial charge in [0.1, 0.15) is 12.4 Å². The zero-order chi connectivity index (χ0) is 14.3. The third kappa shape index (κ3) is 2.33. The standard InChI is InChI=1S/C14H22N4O2/c1-10(2)17-6-11-12(7-17)20-9-14(19)18(11)8-13-15-4-5-16(13)3/h4-5,10-12H,6-9H2,1-3H3/t11-,12+/m1/s1. The highest BCUT2D eigenvalue weighted by Crippen LogP contribution is 2.26. The van der Waals surface area contributed by atoms with Gasteiger partial charge in [0, 0.05) is 38.6 Å². The first-order valence-corrected chi connectivity index (χ1v) is 7.17. The molecular weight excluding hydrogens is 256 g/mol. The fraction of sp³-hybridized carbons (Fsp3) is 0.714. The van der Waals surface area contributed by atoms with Crippen LogP contribution in [0.25, 0.3) is 0 Å². The monoisotopic (exact) mass is 278 g/mol. The number of aryl methyl sites for hydroxylation is 1. The summed E-state index contributed by atoms with van der Waals surface area (Å²) in [6.07, 6.45) is 3.81. The second-order valence-corrected chi connectivity index (χ2v) is 5.94. The molecule has 0 bridgehead atoms. The molecular formula is C14H22N4O2. The van der Waals surface area contributed by atoms with E-state index in [0.29, 0.717) is 12.6 Å². The SMILES string of the molecule is CC(C)N1C[C@@H]2OCC(=O)N(Cc3nccn3C)[C@@H]2C1. The lowest BCUT2D eigenvalue weighted by Gasteiger charge is -2.36. The van der Waals surface area contributed by atoms with Crippen LogP contribution in [0.3, 0.4) is 0 Å². The molecule has 1 aromatic rings. The number of hydrogen-bond acceptors (Lipinski definition) is 4. The number of carbonyl (C=O) groups is 1.